The summed E-state index contributed by atoms with van der Waals surface area (Å²) in [6.45, 7) is 5.49. The van der Waals surface area contributed by atoms with Crippen LogP contribution < -0.4 is 4.74 Å². The number of rotatable bonds is 4. The molecule has 1 aromatic carbocycles. The van der Waals surface area contributed by atoms with Crippen LogP contribution >= 0.6 is 0 Å². The monoisotopic (exact) mass is 275 g/mol. The minimum absolute atomic E-state index is 0.349. The molecule has 1 aromatic rings. The molecule has 1 aliphatic rings. The fourth-order valence-corrected chi connectivity index (χ4v) is 2.74. The molecule has 1 heterocycles. The molecule has 2 rings (SSSR count). The number of hydrogen-bond acceptors (Lipinski definition) is 4. The van der Waals surface area contributed by atoms with Crippen LogP contribution in [0.15, 0.2) is 23.2 Å². The summed E-state index contributed by atoms with van der Waals surface area (Å²) in [7, 11) is 1.68. The average Bonchev–Trinajstić information content (AvgIpc) is 2.47. The van der Waals surface area contributed by atoms with Gasteiger partial charge < -0.3 is 9.47 Å². The Hall–Kier alpha value is -1.64. The predicted octanol–water partition coefficient (Wildman–Crippen LogP) is 3.16. The molecule has 20 heavy (non-hydrogen) atoms. The van der Waals surface area contributed by atoms with E-state index in [2.05, 4.69) is 24.9 Å². The van der Waals surface area contributed by atoms with Crippen LogP contribution in [0.2, 0.25) is 0 Å². The van der Waals surface area contributed by atoms with Gasteiger partial charge in [-0.1, -0.05) is 19.9 Å². The summed E-state index contributed by atoms with van der Waals surface area (Å²) in [4.78, 5) is 15.0. The van der Waals surface area contributed by atoms with E-state index in [4.69, 9.17) is 9.47 Å². The topological polar surface area (TPSA) is 47.9 Å². The van der Waals surface area contributed by atoms with Crippen molar-refractivity contribution in [2.75, 3.05) is 20.3 Å². The summed E-state index contributed by atoms with van der Waals surface area (Å²) < 4.78 is 10.8. The van der Waals surface area contributed by atoms with Gasteiger partial charge in [0.1, 0.15) is 11.3 Å². The van der Waals surface area contributed by atoms with Crippen LogP contribution in [0.3, 0.4) is 0 Å². The van der Waals surface area contributed by atoms with E-state index in [-0.39, 0.29) is 0 Å². The molecule has 0 saturated carbocycles. The Morgan fingerprint density at radius 3 is 2.60 bits per heavy atom. The Kier molecular flexibility index (Phi) is 4.58. The first-order chi connectivity index (χ1) is 9.63. The minimum atomic E-state index is -0.490. The Labute approximate surface area is 119 Å². The van der Waals surface area contributed by atoms with Gasteiger partial charge in [0.2, 0.25) is 6.08 Å². The maximum atomic E-state index is 10.8. The molecule has 0 spiro atoms. The van der Waals surface area contributed by atoms with Crippen molar-refractivity contribution in [3.63, 3.8) is 0 Å². The van der Waals surface area contributed by atoms with Crippen LogP contribution in [0, 0.1) is 0 Å². The molecule has 1 fully saturated rings. The van der Waals surface area contributed by atoms with Crippen LogP contribution in [-0.4, -0.2) is 26.4 Å². The van der Waals surface area contributed by atoms with Gasteiger partial charge in [-0.25, -0.2) is 4.79 Å². The van der Waals surface area contributed by atoms with Crippen LogP contribution in [-0.2, 0) is 15.1 Å². The van der Waals surface area contributed by atoms with Gasteiger partial charge in [-0.3, -0.25) is 0 Å². The van der Waals surface area contributed by atoms with Crippen LogP contribution in [0.25, 0.3) is 0 Å². The van der Waals surface area contributed by atoms with E-state index < -0.39 is 5.54 Å². The fraction of sp³-hybridized carbons (Fsp3) is 0.562. The van der Waals surface area contributed by atoms with E-state index >= 15 is 0 Å². The molecule has 0 amide bonds. The van der Waals surface area contributed by atoms with Gasteiger partial charge in [-0.2, -0.15) is 4.99 Å². The van der Waals surface area contributed by atoms with Crippen molar-refractivity contribution in [3.8, 4) is 5.75 Å². The molecule has 0 N–H and O–H groups in total. The summed E-state index contributed by atoms with van der Waals surface area (Å²) in [5, 5.41) is 0. The first-order valence-electron chi connectivity index (χ1n) is 6.98. The Morgan fingerprint density at radius 1 is 1.35 bits per heavy atom. The second kappa shape index (κ2) is 6.21. The van der Waals surface area contributed by atoms with Gasteiger partial charge in [0.05, 0.1) is 7.11 Å². The van der Waals surface area contributed by atoms with Crippen molar-refractivity contribution in [3.05, 3.63) is 29.3 Å². The van der Waals surface area contributed by atoms with Crippen LogP contribution in [0.5, 0.6) is 5.75 Å². The summed E-state index contributed by atoms with van der Waals surface area (Å²) in [5.74, 6) is 1.23. The molecular weight excluding hydrogens is 254 g/mol. The molecule has 0 atom stereocenters. The number of ether oxygens (including phenoxy) is 2. The number of hydrogen-bond donors (Lipinski definition) is 0. The molecule has 4 nitrogen and oxygen atoms in total. The third kappa shape index (κ3) is 2.77. The van der Waals surface area contributed by atoms with Gasteiger partial charge in [0, 0.05) is 26.1 Å². The summed E-state index contributed by atoms with van der Waals surface area (Å²) in [6, 6.07) is 6.06. The molecule has 0 radical (unpaired) electrons. The first kappa shape index (κ1) is 14.8. The summed E-state index contributed by atoms with van der Waals surface area (Å²) in [5.41, 5.74) is 1.70. The van der Waals surface area contributed by atoms with Crippen LogP contribution in [0.4, 0.5) is 0 Å². The second-order valence-corrected chi connectivity index (χ2v) is 5.46. The minimum Gasteiger partial charge on any atom is -0.496 e. The molecule has 4 heteroatoms. The van der Waals surface area contributed by atoms with Crippen molar-refractivity contribution >= 4 is 6.08 Å². The highest BCUT2D eigenvalue weighted by Gasteiger charge is 2.35. The lowest BCUT2D eigenvalue weighted by Crippen LogP contribution is -2.32. The highest BCUT2D eigenvalue weighted by atomic mass is 16.5. The highest BCUT2D eigenvalue weighted by molar-refractivity contribution is 5.44. The second-order valence-electron chi connectivity index (χ2n) is 5.46. The summed E-state index contributed by atoms with van der Waals surface area (Å²) in [6.07, 6.45) is 3.17. The zero-order valence-electron chi connectivity index (χ0n) is 12.3. The molecule has 108 valence electrons. The van der Waals surface area contributed by atoms with E-state index in [1.54, 1.807) is 13.2 Å². The predicted molar refractivity (Wildman–Crippen MR) is 76.9 cm³/mol. The van der Waals surface area contributed by atoms with Crippen molar-refractivity contribution in [1.82, 2.24) is 0 Å². The largest absolute Gasteiger partial charge is 0.496 e. The molecule has 0 aromatic heterocycles. The zero-order chi connectivity index (χ0) is 14.6. The number of carbonyl (C=O) groups excluding carboxylic acids is 1. The van der Waals surface area contributed by atoms with E-state index in [0.717, 1.165) is 16.9 Å². The zero-order valence-corrected chi connectivity index (χ0v) is 12.3. The maximum Gasteiger partial charge on any atom is 0.235 e. The molecule has 0 unspecified atom stereocenters. The van der Waals surface area contributed by atoms with Gasteiger partial charge in [0.15, 0.2) is 0 Å². The van der Waals surface area contributed by atoms with E-state index in [1.807, 2.05) is 12.1 Å². The third-order valence-corrected chi connectivity index (χ3v) is 3.97. The Morgan fingerprint density at radius 2 is 2.05 bits per heavy atom. The maximum absolute atomic E-state index is 10.8. The number of isocyanates is 1. The Balaban J connectivity index is 2.49. The van der Waals surface area contributed by atoms with E-state index in [9.17, 15) is 4.79 Å². The van der Waals surface area contributed by atoms with Crippen molar-refractivity contribution < 1.29 is 14.3 Å². The van der Waals surface area contributed by atoms with Gasteiger partial charge in [-0.15, -0.1) is 0 Å². The van der Waals surface area contributed by atoms with Gasteiger partial charge in [0.25, 0.3) is 0 Å². The molecule has 1 saturated heterocycles. The number of nitrogens with zero attached hydrogens (tertiary/aromatic N) is 1. The van der Waals surface area contributed by atoms with Crippen LogP contribution in [0.1, 0.15) is 43.7 Å². The number of benzene rings is 1. The lowest BCUT2D eigenvalue weighted by molar-refractivity contribution is 0.0531. The van der Waals surface area contributed by atoms with E-state index in [0.29, 0.717) is 32.0 Å². The van der Waals surface area contributed by atoms with Crippen molar-refractivity contribution in [1.29, 1.82) is 0 Å². The SMILES string of the molecule is COc1ccc(C2(N=C=O)CCOCC2)cc1C(C)C. The number of methoxy groups -OCH3 is 1. The quantitative estimate of drug-likeness (QED) is 0.626. The third-order valence-electron chi connectivity index (χ3n) is 3.97. The highest BCUT2D eigenvalue weighted by Crippen LogP contribution is 2.39. The summed E-state index contributed by atoms with van der Waals surface area (Å²) >= 11 is 0. The average molecular weight is 275 g/mol. The van der Waals surface area contributed by atoms with Crippen molar-refractivity contribution in [2.45, 2.75) is 38.1 Å². The molecule has 0 aliphatic carbocycles. The van der Waals surface area contributed by atoms with Gasteiger partial charge in [-0.05, 0) is 29.2 Å². The molecule has 0 bridgehead atoms. The standard InChI is InChI=1S/C16H21NO3/c1-12(2)14-10-13(4-5-15(14)19-3)16(17-11-18)6-8-20-9-7-16/h4-5,10,12H,6-9H2,1-3H3. The smallest absolute Gasteiger partial charge is 0.235 e. The normalized spacial score (nSPS) is 17.6. The van der Waals surface area contributed by atoms with E-state index in [1.165, 1.54) is 0 Å². The molecular formula is C16H21NO3. The fourth-order valence-electron chi connectivity index (χ4n) is 2.74. The molecule has 1 aliphatic heterocycles. The lowest BCUT2D eigenvalue weighted by atomic mass is 9.81. The Bertz CT molecular complexity index is 512. The lowest BCUT2D eigenvalue weighted by Gasteiger charge is -2.33. The first-order valence-corrected chi connectivity index (χ1v) is 6.98. The van der Waals surface area contributed by atoms with Crippen molar-refractivity contribution in [2.24, 2.45) is 4.99 Å². The number of aliphatic imine (C=N–C) groups is 1. The van der Waals surface area contributed by atoms with Gasteiger partial charge >= 0.3 is 0 Å².